The average molecular weight is 376 g/mol. The molecule has 0 fully saturated rings. The van der Waals surface area contributed by atoms with E-state index in [4.69, 9.17) is 11.6 Å². The second-order valence-corrected chi connectivity index (χ2v) is 6.63. The van der Waals surface area contributed by atoms with Crippen LogP contribution in [0.2, 0.25) is 5.02 Å². The molecule has 0 bridgehead atoms. The average Bonchev–Trinajstić information content (AvgIpc) is 2.64. The number of amides is 1. The topological polar surface area (TPSA) is 54.3 Å². The van der Waals surface area contributed by atoms with Gasteiger partial charge in [-0.3, -0.25) is 14.5 Å². The highest BCUT2D eigenvalue weighted by Crippen LogP contribution is 2.27. The molecule has 0 saturated carbocycles. The van der Waals surface area contributed by atoms with Crippen LogP contribution in [0.5, 0.6) is 0 Å². The Morgan fingerprint density at radius 3 is 2.46 bits per heavy atom. The van der Waals surface area contributed by atoms with Crippen LogP contribution < -0.4 is 10.9 Å². The van der Waals surface area contributed by atoms with Crippen molar-refractivity contribution in [3.8, 4) is 0 Å². The number of likely N-dealkylation sites (N-methyl/N-ethyl adjacent to an activating group) is 1. The second kappa shape index (κ2) is 9.01. The molecule has 140 valence electrons. The van der Waals surface area contributed by atoms with Crippen LogP contribution in [-0.4, -0.2) is 35.0 Å². The van der Waals surface area contributed by atoms with Gasteiger partial charge in [-0.2, -0.15) is 0 Å². The van der Waals surface area contributed by atoms with Crippen LogP contribution in [0.4, 0.5) is 0 Å². The van der Waals surface area contributed by atoms with Gasteiger partial charge in [0.2, 0.25) is 0 Å². The lowest BCUT2D eigenvalue weighted by Gasteiger charge is -2.30. The number of nitrogens with one attached hydrogen (secondary N) is 1. The van der Waals surface area contributed by atoms with E-state index in [2.05, 4.69) is 24.1 Å². The van der Waals surface area contributed by atoms with Crippen molar-refractivity contribution in [2.75, 3.05) is 19.6 Å². The van der Waals surface area contributed by atoms with E-state index in [1.807, 2.05) is 31.2 Å². The van der Waals surface area contributed by atoms with Crippen LogP contribution in [0.15, 0.2) is 41.2 Å². The van der Waals surface area contributed by atoms with Crippen molar-refractivity contribution < 1.29 is 4.79 Å². The quantitative estimate of drug-likeness (QED) is 0.808. The number of benzene rings is 1. The van der Waals surface area contributed by atoms with Crippen LogP contribution in [0.25, 0.3) is 0 Å². The Bertz CT molecular complexity index is 828. The zero-order valence-electron chi connectivity index (χ0n) is 15.8. The molecule has 1 atom stereocenters. The Balaban J connectivity index is 2.25. The number of halogens is 1. The molecule has 5 nitrogen and oxygen atoms in total. The van der Waals surface area contributed by atoms with Gasteiger partial charge < -0.3 is 9.88 Å². The normalized spacial score (nSPS) is 12.2. The smallest absolute Gasteiger partial charge is 0.263 e. The van der Waals surface area contributed by atoms with Gasteiger partial charge in [-0.1, -0.05) is 43.6 Å². The molecule has 2 aromatic rings. The van der Waals surface area contributed by atoms with Gasteiger partial charge in [0.05, 0.1) is 6.04 Å². The van der Waals surface area contributed by atoms with E-state index in [0.717, 1.165) is 24.3 Å². The van der Waals surface area contributed by atoms with E-state index in [1.54, 1.807) is 19.2 Å². The van der Waals surface area contributed by atoms with Gasteiger partial charge in [0.25, 0.3) is 11.5 Å². The second-order valence-electron chi connectivity index (χ2n) is 6.22. The summed E-state index contributed by atoms with van der Waals surface area (Å²) in [4.78, 5) is 27.1. The van der Waals surface area contributed by atoms with E-state index in [9.17, 15) is 9.59 Å². The standard InChI is InChI=1S/C20H26ClN3O2/c1-5-24(6-2)18(15-9-7-8-10-17(15)21)13-22-19(25)16-12-11-14(3)23(4)20(16)26/h7-12,18H,5-6,13H2,1-4H3,(H,22,25)/t18-/m1/s1. The van der Waals surface area contributed by atoms with E-state index in [0.29, 0.717) is 11.6 Å². The van der Waals surface area contributed by atoms with Crippen LogP contribution in [-0.2, 0) is 7.05 Å². The summed E-state index contributed by atoms with van der Waals surface area (Å²) >= 11 is 6.38. The predicted octanol–water partition coefficient (Wildman–Crippen LogP) is 3.16. The largest absolute Gasteiger partial charge is 0.350 e. The van der Waals surface area contributed by atoms with Crippen LogP contribution in [0, 0.1) is 6.92 Å². The molecule has 0 saturated heterocycles. The number of rotatable bonds is 7. The molecular formula is C20H26ClN3O2. The molecule has 26 heavy (non-hydrogen) atoms. The molecule has 0 spiro atoms. The van der Waals surface area contributed by atoms with Gasteiger partial charge in [0, 0.05) is 24.3 Å². The molecule has 1 heterocycles. The first-order valence-electron chi connectivity index (χ1n) is 8.84. The van der Waals surface area contributed by atoms with Crippen molar-refractivity contribution >= 4 is 17.5 Å². The molecule has 0 aliphatic carbocycles. The third kappa shape index (κ3) is 4.34. The van der Waals surface area contributed by atoms with Crippen molar-refractivity contribution in [2.45, 2.75) is 26.8 Å². The summed E-state index contributed by atoms with van der Waals surface area (Å²) in [6, 6.07) is 10.9. The monoisotopic (exact) mass is 375 g/mol. The van der Waals surface area contributed by atoms with Gasteiger partial charge in [-0.15, -0.1) is 0 Å². The van der Waals surface area contributed by atoms with Gasteiger partial charge in [-0.05, 0) is 43.8 Å². The minimum atomic E-state index is -0.366. The van der Waals surface area contributed by atoms with Gasteiger partial charge in [0.15, 0.2) is 0 Å². The zero-order valence-corrected chi connectivity index (χ0v) is 16.5. The number of nitrogens with zero attached hydrogens (tertiary/aromatic N) is 2. The molecular weight excluding hydrogens is 350 g/mol. The Kier molecular flexibility index (Phi) is 7.00. The van der Waals surface area contributed by atoms with Crippen LogP contribution in [0.1, 0.15) is 41.5 Å². The minimum Gasteiger partial charge on any atom is -0.350 e. The highest BCUT2D eigenvalue weighted by molar-refractivity contribution is 6.31. The lowest BCUT2D eigenvalue weighted by atomic mass is 10.0. The molecule has 6 heteroatoms. The summed E-state index contributed by atoms with van der Waals surface area (Å²) in [5, 5.41) is 3.58. The van der Waals surface area contributed by atoms with Crippen molar-refractivity contribution in [3.05, 3.63) is 68.6 Å². The molecule has 0 unspecified atom stereocenters. The summed E-state index contributed by atoms with van der Waals surface area (Å²) in [6.07, 6.45) is 0. The summed E-state index contributed by atoms with van der Waals surface area (Å²) in [7, 11) is 1.66. The third-order valence-corrected chi connectivity index (χ3v) is 5.12. The number of hydrogen-bond donors (Lipinski definition) is 1. The number of aryl methyl sites for hydroxylation is 1. The first kappa shape index (κ1) is 20.2. The fourth-order valence-corrected chi connectivity index (χ4v) is 3.29. The van der Waals surface area contributed by atoms with E-state index in [1.165, 1.54) is 4.57 Å². The lowest BCUT2D eigenvalue weighted by molar-refractivity contribution is 0.0933. The van der Waals surface area contributed by atoms with Crippen molar-refractivity contribution in [1.82, 2.24) is 14.8 Å². The lowest BCUT2D eigenvalue weighted by Crippen LogP contribution is -2.40. The third-order valence-electron chi connectivity index (χ3n) is 4.77. The number of pyridine rings is 1. The Morgan fingerprint density at radius 2 is 1.85 bits per heavy atom. The first-order chi connectivity index (χ1) is 12.4. The minimum absolute atomic E-state index is 0.0584. The SMILES string of the molecule is CCN(CC)[C@H](CNC(=O)c1ccc(C)n(C)c1=O)c1ccccc1Cl. The van der Waals surface area contributed by atoms with E-state index in [-0.39, 0.29) is 23.1 Å². The highest BCUT2D eigenvalue weighted by Gasteiger charge is 2.22. The fraction of sp³-hybridized carbons (Fsp3) is 0.400. The van der Waals surface area contributed by atoms with E-state index < -0.39 is 0 Å². The summed E-state index contributed by atoms with van der Waals surface area (Å²) in [5.74, 6) is -0.366. The molecule has 0 aliphatic rings. The Hall–Kier alpha value is -2.11. The summed E-state index contributed by atoms with van der Waals surface area (Å²) in [6.45, 7) is 8.01. The van der Waals surface area contributed by atoms with Crippen molar-refractivity contribution in [1.29, 1.82) is 0 Å². The highest BCUT2D eigenvalue weighted by atomic mass is 35.5. The zero-order chi connectivity index (χ0) is 19.3. The molecule has 1 amide bonds. The fourth-order valence-electron chi connectivity index (χ4n) is 3.03. The predicted molar refractivity (Wildman–Crippen MR) is 106 cm³/mol. The summed E-state index contributed by atoms with van der Waals surface area (Å²) < 4.78 is 1.48. The molecule has 0 radical (unpaired) electrons. The maximum Gasteiger partial charge on any atom is 0.263 e. The van der Waals surface area contributed by atoms with Gasteiger partial charge >= 0.3 is 0 Å². The number of carbonyl (C=O) groups excluding carboxylic acids is 1. The maximum atomic E-state index is 12.6. The van der Waals surface area contributed by atoms with Crippen LogP contribution >= 0.6 is 11.6 Å². The van der Waals surface area contributed by atoms with Gasteiger partial charge in [-0.25, -0.2) is 0 Å². The first-order valence-corrected chi connectivity index (χ1v) is 9.21. The Labute approximate surface area is 159 Å². The maximum absolute atomic E-state index is 12.6. The molecule has 1 aromatic heterocycles. The van der Waals surface area contributed by atoms with E-state index >= 15 is 0 Å². The Morgan fingerprint density at radius 1 is 1.19 bits per heavy atom. The molecule has 1 N–H and O–H groups in total. The molecule has 2 rings (SSSR count). The number of hydrogen-bond acceptors (Lipinski definition) is 3. The number of aromatic nitrogens is 1. The van der Waals surface area contributed by atoms with Crippen LogP contribution in [0.3, 0.4) is 0 Å². The molecule has 1 aromatic carbocycles. The van der Waals surface area contributed by atoms with Gasteiger partial charge in [0.1, 0.15) is 5.56 Å². The molecule has 0 aliphatic heterocycles. The summed E-state index contributed by atoms with van der Waals surface area (Å²) in [5.41, 5.74) is 1.63. The van der Waals surface area contributed by atoms with Crippen molar-refractivity contribution in [2.24, 2.45) is 7.05 Å². The van der Waals surface area contributed by atoms with Crippen molar-refractivity contribution in [3.63, 3.8) is 0 Å². The number of carbonyl (C=O) groups is 1.